The van der Waals surface area contributed by atoms with Gasteiger partial charge in [-0.25, -0.2) is 0 Å². The number of aliphatic hydroxyl groups is 1. The molecule has 70 valence electrons. The molecule has 0 radical (unpaired) electrons. The molecule has 4 atom stereocenters. The maximum Gasteiger partial charge on any atom is 0.0751 e. The monoisotopic (exact) mass is 168 g/mol. The van der Waals surface area contributed by atoms with Crippen LogP contribution in [0, 0.1) is 17.8 Å². The van der Waals surface area contributed by atoms with E-state index in [9.17, 15) is 5.11 Å². The second-order valence-electron chi connectivity index (χ2n) is 4.09. The van der Waals surface area contributed by atoms with Crippen molar-refractivity contribution in [2.45, 2.75) is 40.2 Å². The summed E-state index contributed by atoms with van der Waals surface area (Å²) in [5, 5.41) is 9.69. The molecule has 12 heavy (non-hydrogen) atoms. The van der Waals surface area contributed by atoms with E-state index in [2.05, 4.69) is 33.8 Å². The average molecular weight is 168 g/mol. The fourth-order valence-electron chi connectivity index (χ4n) is 2.07. The smallest absolute Gasteiger partial charge is 0.0751 e. The number of aliphatic hydroxyl groups excluding tert-OH is 1. The minimum absolute atomic E-state index is 0.217. The van der Waals surface area contributed by atoms with Gasteiger partial charge in [0.25, 0.3) is 0 Å². The Labute approximate surface area is 75.5 Å². The second-order valence-corrected chi connectivity index (χ2v) is 4.09. The van der Waals surface area contributed by atoms with Gasteiger partial charge in [-0.1, -0.05) is 39.3 Å². The Balaban J connectivity index is 2.84. The molecule has 1 heteroatoms. The molecule has 0 aliphatic heterocycles. The van der Waals surface area contributed by atoms with Gasteiger partial charge in [-0.2, -0.15) is 0 Å². The average Bonchev–Trinajstić information content (AvgIpc) is 2.08. The third-order valence-electron chi connectivity index (χ3n) is 3.53. The fraction of sp³-hybridized carbons (Fsp3) is 0.818. The molecule has 0 spiro atoms. The molecule has 0 saturated carbocycles. The molecule has 0 saturated heterocycles. The summed E-state index contributed by atoms with van der Waals surface area (Å²) in [6.07, 6.45) is 2.91. The minimum atomic E-state index is -0.217. The number of rotatable bonds is 1. The zero-order chi connectivity index (χ0) is 9.30. The molecular weight excluding hydrogens is 148 g/mol. The minimum Gasteiger partial charge on any atom is -0.389 e. The van der Waals surface area contributed by atoms with Crippen LogP contribution < -0.4 is 0 Å². The zero-order valence-electron chi connectivity index (χ0n) is 8.54. The summed E-state index contributed by atoms with van der Waals surface area (Å²) in [7, 11) is 0. The molecule has 0 bridgehead atoms. The normalized spacial score (nSPS) is 42.6. The summed E-state index contributed by atoms with van der Waals surface area (Å²) in [5.74, 6) is 1.67. The van der Waals surface area contributed by atoms with Crippen LogP contribution in [0.5, 0.6) is 0 Å². The lowest BCUT2D eigenvalue weighted by atomic mass is 9.72. The van der Waals surface area contributed by atoms with Crippen LogP contribution in [0.4, 0.5) is 0 Å². The fourth-order valence-corrected chi connectivity index (χ4v) is 2.07. The van der Waals surface area contributed by atoms with Crippen LogP contribution in [0.2, 0.25) is 0 Å². The Kier molecular flexibility index (Phi) is 2.94. The maximum absolute atomic E-state index is 9.69. The summed E-state index contributed by atoms with van der Waals surface area (Å²) in [6, 6.07) is 0. The summed E-state index contributed by atoms with van der Waals surface area (Å²) in [6.45, 7) is 8.80. The van der Waals surface area contributed by atoms with Crippen LogP contribution in [0.3, 0.4) is 0 Å². The van der Waals surface area contributed by atoms with Gasteiger partial charge in [0.15, 0.2) is 0 Å². The first-order valence-corrected chi connectivity index (χ1v) is 4.96. The van der Waals surface area contributed by atoms with Crippen LogP contribution in [0.25, 0.3) is 0 Å². The summed E-state index contributed by atoms with van der Waals surface area (Å²) in [5.41, 5.74) is 1.42. The Morgan fingerprint density at radius 2 is 1.83 bits per heavy atom. The van der Waals surface area contributed by atoms with Gasteiger partial charge < -0.3 is 5.11 Å². The molecule has 0 aromatic heterocycles. The first-order valence-electron chi connectivity index (χ1n) is 4.96. The largest absolute Gasteiger partial charge is 0.389 e. The van der Waals surface area contributed by atoms with Gasteiger partial charge in [0.2, 0.25) is 0 Å². The van der Waals surface area contributed by atoms with Gasteiger partial charge >= 0.3 is 0 Å². The molecule has 0 aromatic carbocycles. The SMILES string of the molecule is CCC1=CC(O)C(C)C(C)C1C. The summed E-state index contributed by atoms with van der Waals surface area (Å²) >= 11 is 0. The lowest BCUT2D eigenvalue weighted by Crippen LogP contribution is -2.32. The van der Waals surface area contributed by atoms with Crippen molar-refractivity contribution in [1.29, 1.82) is 0 Å². The highest BCUT2D eigenvalue weighted by Crippen LogP contribution is 2.35. The maximum atomic E-state index is 9.69. The van der Waals surface area contributed by atoms with Gasteiger partial charge in [-0.15, -0.1) is 0 Å². The van der Waals surface area contributed by atoms with Gasteiger partial charge in [-0.05, 0) is 24.2 Å². The van der Waals surface area contributed by atoms with Gasteiger partial charge in [0.05, 0.1) is 6.10 Å². The van der Waals surface area contributed by atoms with Crippen molar-refractivity contribution in [3.05, 3.63) is 11.6 Å². The van der Waals surface area contributed by atoms with Crippen molar-refractivity contribution in [2.24, 2.45) is 17.8 Å². The van der Waals surface area contributed by atoms with Crippen LogP contribution in [-0.2, 0) is 0 Å². The Morgan fingerprint density at radius 1 is 1.25 bits per heavy atom. The molecule has 1 aliphatic carbocycles. The molecule has 1 nitrogen and oxygen atoms in total. The molecule has 0 amide bonds. The van der Waals surface area contributed by atoms with E-state index in [0.717, 1.165) is 6.42 Å². The predicted molar refractivity (Wildman–Crippen MR) is 51.9 cm³/mol. The van der Waals surface area contributed by atoms with Gasteiger partial charge in [0, 0.05) is 0 Å². The molecule has 0 fully saturated rings. The Hall–Kier alpha value is -0.300. The molecule has 1 N–H and O–H groups in total. The van der Waals surface area contributed by atoms with E-state index in [1.165, 1.54) is 5.57 Å². The van der Waals surface area contributed by atoms with Crippen molar-refractivity contribution in [3.63, 3.8) is 0 Å². The van der Waals surface area contributed by atoms with E-state index in [-0.39, 0.29) is 6.10 Å². The quantitative estimate of drug-likeness (QED) is 0.597. The van der Waals surface area contributed by atoms with Crippen LogP contribution >= 0.6 is 0 Å². The highest BCUT2D eigenvalue weighted by Gasteiger charge is 2.30. The van der Waals surface area contributed by atoms with Crippen molar-refractivity contribution in [3.8, 4) is 0 Å². The van der Waals surface area contributed by atoms with Crippen molar-refractivity contribution in [1.82, 2.24) is 0 Å². The zero-order valence-corrected chi connectivity index (χ0v) is 8.54. The van der Waals surface area contributed by atoms with Crippen LogP contribution in [0.15, 0.2) is 11.6 Å². The molecule has 0 heterocycles. The van der Waals surface area contributed by atoms with E-state index in [4.69, 9.17) is 0 Å². The van der Waals surface area contributed by atoms with Gasteiger partial charge in [-0.3, -0.25) is 0 Å². The predicted octanol–water partition coefficient (Wildman–Crippen LogP) is 2.61. The Bertz CT molecular complexity index is 183. The number of allylic oxidation sites excluding steroid dienone is 1. The van der Waals surface area contributed by atoms with Crippen LogP contribution in [-0.4, -0.2) is 11.2 Å². The molecule has 1 rings (SSSR count). The second kappa shape index (κ2) is 3.61. The first-order chi connectivity index (χ1) is 5.57. The van der Waals surface area contributed by atoms with Crippen LogP contribution in [0.1, 0.15) is 34.1 Å². The van der Waals surface area contributed by atoms with Crippen molar-refractivity contribution < 1.29 is 5.11 Å². The van der Waals surface area contributed by atoms with E-state index in [1.807, 2.05) is 0 Å². The third kappa shape index (κ3) is 1.56. The molecule has 1 aliphatic rings. The van der Waals surface area contributed by atoms with E-state index in [0.29, 0.717) is 17.8 Å². The molecule has 4 unspecified atom stereocenters. The lowest BCUT2D eigenvalue weighted by Gasteiger charge is -2.35. The third-order valence-corrected chi connectivity index (χ3v) is 3.53. The Morgan fingerprint density at radius 3 is 2.33 bits per heavy atom. The molecular formula is C11H20O. The highest BCUT2D eigenvalue weighted by atomic mass is 16.3. The summed E-state index contributed by atoms with van der Waals surface area (Å²) in [4.78, 5) is 0. The first kappa shape index (κ1) is 9.79. The van der Waals surface area contributed by atoms with Crippen molar-refractivity contribution in [2.75, 3.05) is 0 Å². The molecule has 0 aromatic rings. The summed E-state index contributed by atoms with van der Waals surface area (Å²) < 4.78 is 0. The topological polar surface area (TPSA) is 20.2 Å². The van der Waals surface area contributed by atoms with E-state index < -0.39 is 0 Å². The van der Waals surface area contributed by atoms with Gasteiger partial charge in [0.1, 0.15) is 0 Å². The number of hydrogen-bond donors (Lipinski definition) is 1. The van der Waals surface area contributed by atoms with Crippen molar-refractivity contribution >= 4 is 0 Å². The standard InChI is InChI=1S/C11H20O/c1-5-10-6-11(12)9(4)7(2)8(10)3/h6-9,11-12H,5H2,1-4H3. The van der Waals surface area contributed by atoms with E-state index in [1.54, 1.807) is 0 Å². The lowest BCUT2D eigenvalue weighted by molar-refractivity contribution is 0.0978. The number of hydrogen-bond acceptors (Lipinski definition) is 1. The van der Waals surface area contributed by atoms with E-state index >= 15 is 0 Å². The highest BCUT2D eigenvalue weighted by molar-refractivity contribution is 5.14.